The van der Waals surface area contributed by atoms with Gasteiger partial charge < -0.3 is 15.3 Å². The monoisotopic (exact) mass is 610 g/mol. The summed E-state index contributed by atoms with van der Waals surface area (Å²) in [6.07, 6.45) is 0.572. The number of aliphatic carboxylic acids is 1. The van der Waals surface area contributed by atoms with Crippen molar-refractivity contribution in [3.63, 3.8) is 0 Å². The van der Waals surface area contributed by atoms with Gasteiger partial charge in [-0.2, -0.15) is 0 Å². The second-order valence-electron chi connectivity index (χ2n) is 10.3. The Balaban J connectivity index is 1.41. The average Bonchev–Trinajstić information content (AvgIpc) is 3.44. The Hall–Kier alpha value is -4.46. The summed E-state index contributed by atoms with van der Waals surface area (Å²) < 4.78 is 0.998. The third-order valence-electron chi connectivity index (χ3n) is 7.36. The van der Waals surface area contributed by atoms with Crippen LogP contribution in [0.5, 0.6) is 0 Å². The molecule has 4 aromatic carbocycles. The Bertz CT molecular complexity index is 1670. The topological polar surface area (TPSA) is 86.7 Å². The molecule has 2 N–H and O–H groups in total. The number of carbonyl (C=O) groups excluding carboxylic acids is 2. The van der Waals surface area contributed by atoms with E-state index in [-0.39, 0.29) is 30.7 Å². The van der Waals surface area contributed by atoms with Crippen molar-refractivity contribution in [3.8, 4) is 0 Å². The first-order valence-corrected chi connectivity index (χ1v) is 15.3. The van der Waals surface area contributed by atoms with Crippen LogP contribution in [-0.4, -0.2) is 40.9 Å². The molecule has 0 spiro atoms. The van der Waals surface area contributed by atoms with Crippen molar-refractivity contribution in [3.05, 3.63) is 141 Å². The average molecular weight is 611 g/mol. The highest BCUT2D eigenvalue weighted by atomic mass is 35.5. The van der Waals surface area contributed by atoms with Crippen LogP contribution >= 0.6 is 22.9 Å². The molecular formula is C35H31ClN2O4S. The molecule has 2 amide bonds. The van der Waals surface area contributed by atoms with Crippen LogP contribution in [0.25, 0.3) is 10.1 Å². The van der Waals surface area contributed by atoms with Crippen molar-refractivity contribution in [1.29, 1.82) is 0 Å². The zero-order chi connectivity index (χ0) is 30.2. The predicted octanol–water partition coefficient (Wildman–Crippen LogP) is 7.62. The number of hydrogen-bond acceptors (Lipinski definition) is 4. The summed E-state index contributed by atoms with van der Waals surface area (Å²) in [6, 6.07) is 33.3. The lowest BCUT2D eigenvalue weighted by atomic mass is 9.88. The number of carboxylic acids is 1. The Labute approximate surface area is 259 Å². The van der Waals surface area contributed by atoms with Crippen LogP contribution in [0.15, 0.2) is 109 Å². The third kappa shape index (κ3) is 7.69. The molecule has 0 aliphatic rings. The van der Waals surface area contributed by atoms with E-state index in [1.165, 1.54) is 22.5 Å². The summed E-state index contributed by atoms with van der Waals surface area (Å²) >= 11 is 7.82. The molecular weight excluding hydrogens is 580 g/mol. The Morgan fingerprint density at radius 2 is 1.51 bits per heavy atom. The number of halogens is 1. The summed E-state index contributed by atoms with van der Waals surface area (Å²) in [7, 11) is 0. The fourth-order valence-electron chi connectivity index (χ4n) is 5.14. The van der Waals surface area contributed by atoms with Gasteiger partial charge in [0.1, 0.15) is 0 Å². The molecule has 6 nitrogen and oxygen atoms in total. The number of carbonyl (C=O) groups is 3. The minimum Gasteiger partial charge on any atom is -0.481 e. The minimum absolute atomic E-state index is 0.0564. The van der Waals surface area contributed by atoms with Crippen molar-refractivity contribution in [2.45, 2.75) is 25.3 Å². The molecule has 0 aliphatic heterocycles. The fourth-order valence-corrected chi connectivity index (χ4v) is 6.23. The first-order valence-electron chi connectivity index (χ1n) is 14.0. The Kier molecular flexibility index (Phi) is 9.87. The van der Waals surface area contributed by atoms with Crippen LogP contribution in [0.4, 0.5) is 0 Å². The van der Waals surface area contributed by atoms with Crippen molar-refractivity contribution < 1.29 is 19.5 Å². The van der Waals surface area contributed by atoms with Crippen LogP contribution in [0, 0.1) is 0 Å². The molecule has 218 valence electrons. The molecule has 0 aliphatic carbocycles. The molecule has 0 fully saturated rings. The molecule has 0 radical (unpaired) electrons. The van der Waals surface area contributed by atoms with E-state index in [9.17, 15) is 14.4 Å². The van der Waals surface area contributed by atoms with E-state index in [1.54, 1.807) is 12.1 Å². The standard InChI is InChI=1S/C35H31ClN2O4S/c36-28-15-16-32-30(21-28)31(23-43-32)35(42)38(22-24-11-13-27(14-12-24)34(41)37-19-17-33(39)40)20-18-29(25-7-3-1-4-8-25)26-9-5-2-6-10-26/h1-16,21,23,29H,17-20,22H2,(H,37,41)(H,39,40). The maximum atomic E-state index is 14.1. The van der Waals surface area contributed by atoms with Crippen LogP contribution in [0.2, 0.25) is 5.02 Å². The normalized spacial score (nSPS) is 11.0. The third-order valence-corrected chi connectivity index (χ3v) is 8.56. The Morgan fingerprint density at radius 1 is 0.860 bits per heavy atom. The summed E-state index contributed by atoms with van der Waals surface area (Å²) in [4.78, 5) is 39.2. The lowest BCUT2D eigenvalue weighted by molar-refractivity contribution is -0.136. The van der Waals surface area contributed by atoms with Crippen LogP contribution < -0.4 is 5.32 Å². The molecule has 1 aromatic heterocycles. The number of thiophene rings is 1. The number of rotatable bonds is 12. The van der Waals surface area contributed by atoms with Gasteiger partial charge in [-0.1, -0.05) is 84.4 Å². The van der Waals surface area contributed by atoms with Gasteiger partial charge in [0, 0.05) is 51.6 Å². The van der Waals surface area contributed by atoms with E-state index in [4.69, 9.17) is 16.7 Å². The van der Waals surface area contributed by atoms with Gasteiger partial charge in [0.25, 0.3) is 11.8 Å². The van der Waals surface area contributed by atoms with Crippen molar-refractivity contribution in [1.82, 2.24) is 10.2 Å². The van der Waals surface area contributed by atoms with Crippen LogP contribution in [0.3, 0.4) is 0 Å². The molecule has 43 heavy (non-hydrogen) atoms. The Morgan fingerprint density at radius 3 is 2.14 bits per heavy atom. The van der Waals surface area contributed by atoms with Gasteiger partial charge in [-0.25, -0.2) is 0 Å². The summed E-state index contributed by atoms with van der Waals surface area (Å²) in [5.41, 5.74) is 4.30. The number of fused-ring (bicyclic) bond motifs is 1. The van der Waals surface area contributed by atoms with Gasteiger partial charge in [0.15, 0.2) is 0 Å². The molecule has 0 unspecified atom stereocenters. The first kappa shape index (κ1) is 30.0. The van der Waals surface area contributed by atoms with E-state index in [0.717, 1.165) is 15.6 Å². The van der Waals surface area contributed by atoms with Crippen molar-refractivity contribution in [2.24, 2.45) is 0 Å². The van der Waals surface area contributed by atoms with Gasteiger partial charge >= 0.3 is 5.97 Å². The number of nitrogens with zero attached hydrogens (tertiary/aromatic N) is 1. The van der Waals surface area contributed by atoms with Gasteiger partial charge in [-0.05, 0) is 53.4 Å². The molecule has 0 saturated heterocycles. The number of amides is 2. The van der Waals surface area contributed by atoms with Crippen LogP contribution in [0.1, 0.15) is 56.2 Å². The maximum Gasteiger partial charge on any atom is 0.305 e. The quantitative estimate of drug-likeness (QED) is 0.152. The summed E-state index contributed by atoms with van der Waals surface area (Å²) in [5.74, 6) is -1.29. The van der Waals surface area contributed by atoms with Crippen LogP contribution in [-0.2, 0) is 11.3 Å². The SMILES string of the molecule is O=C(O)CCNC(=O)c1ccc(CN(CCC(c2ccccc2)c2ccccc2)C(=O)c2csc3ccc(Cl)cc23)cc1. The van der Waals surface area contributed by atoms with E-state index >= 15 is 0 Å². The molecule has 0 saturated carbocycles. The van der Waals surface area contributed by atoms with E-state index < -0.39 is 5.97 Å². The molecule has 0 atom stereocenters. The van der Waals surface area contributed by atoms with E-state index in [2.05, 4.69) is 29.6 Å². The maximum absolute atomic E-state index is 14.1. The van der Waals surface area contributed by atoms with E-state index in [0.29, 0.717) is 35.7 Å². The second kappa shape index (κ2) is 14.1. The van der Waals surface area contributed by atoms with Crippen molar-refractivity contribution >= 4 is 50.8 Å². The van der Waals surface area contributed by atoms with Crippen molar-refractivity contribution in [2.75, 3.05) is 13.1 Å². The lowest BCUT2D eigenvalue weighted by Gasteiger charge is -2.26. The summed E-state index contributed by atoms with van der Waals surface area (Å²) in [5, 5.41) is 14.8. The largest absolute Gasteiger partial charge is 0.481 e. The highest BCUT2D eigenvalue weighted by Crippen LogP contribution is 2.32. The highest BCUT2D eigenvalue weighted by Gasteiger charge is 2.23. The molecule has 0 bridgehead atoms. The first-order chi connectivity index (χ1) is 20.9. The summed E-state index contributed by atoms with van der Waals surface area (Å²) in [6.45, 7) is 0.914. The smallest absolute Gasteiger partial charge is 0.305 e. The number of carboxylic acid groups (broad SMARTS) is 1. The molecule has 8 heteroatoms. The number of benzene rings is 4. The number of nitrogens with one attached hydrogen (secondary N) is 1. The zero-order valence-corrected chi connectivity index (χ0v) is 25.0. The molecule has 1 heterocycles. The van der Waals surface area contributed by atoms with Gasteiger partial charge in [0.05, 0.1) is 12.0 Å². The zero-order valence-electron chi connectivity index (χ0n) is 23.4. The lowest BCUT2D eigenvalue weighted by Crippen LogP contribution is -2.32. The predicted molar refractivity (Wildman–Crippen MR) is 172 cm³/mol. The molecule has 5 rings (SSSR count). The molecule has 5 aromatic rings. The highest BCUT2D eigenvalue weighted by molar-refractivity contribution is 7.17. The second-order valence-corrected chi connectivity index (χ2v) is 11.6. The van der Waals surface area contributed by atoms with Gasteiger partial charge in [0.2, 0.25) is 0 Å². The van der Waals surface area contributed by atoms with E-state index in [1.807, 2.05) is 77.0 Å². The number of hydrogen-bond donors (Lipinski definition) is 2. The van der Waals surface area contributed by atoms with Gasteiger partial charge in [-0.15, -0.1) is 11.3 Å². The fraction of sp³-hybridized carbons (Fsp3) is 0.171. The van der Waals surface area contributed by atoms with Gasteiger partial charge in [-0.3, -0.25) is 14.4 Å². The minimum atomic E-state index is -0.970.